The van der Waals surface area contributed by atoms with Crippen molar-refractivity contribution >= 4 is 5.71 Å². The molecule has 0 heterocycles. The molecule has 0 aromatic heterocycles. The van der Waals surface area contributed by atoms with Crippen molar-refractivity contribution in [2.75, 3.05) is 0 Å². The van der Waals surface area contributed by atoms with Gasteiger partial charge in [0, 0.05) is 12.1 Å². The molecule has 0 unspecified atom stereocenters. The maximum absolute atomic E-state index is 4.81. The second-order valence-corrected chi connectivity index (χ2v) is 0.965. The molecule has 0 aromatic carbocycles. The second kappa shape index (κ2) is 2.69. The lowest BCUT2D eigenvalue weighted by molar-refractivity contribution is 1.23. The van der Waals surface area contributed by atoms with Gasteiger partial charge >= 0.3 is 0 Å². The summed E-state index contributed by atoms with van der Waals surface area (Å²) in [4.78, 5) is 0. The topological polar surface area (TPSA) is 38.4 Å². The first-order valence-electron chi connectivity index (χ1n) is 1.73. The van der Waals surface area contributed by atoms with E-state index in [0.29, 0.717) is 0 Å². The summed E-state index contributed by atoms with van der Waals surface area (Å²) in [5, 5.41) is 3.31. The first kappa shape index (κ1) is 5.47. The van der Waals surface area contributed by atoms with Crippen LogP contribution in [0.1, 0.15) is 13.8 Å². The molecule has 0 aliphatic carbocycles. The molecule has 0 amide bonds. The Morgan fingerprint density at radius 3 is 2.33 bits per heavy atom. The van der Waals surface area contributed by atoms with Crippen LogP contribution in [0.2, 0.25) is 0 Å². The molecule has 0 spiro atoms. The minimum atomic E-state index is 0.745. The van der Waals surface area contributed by atoms with Crippen molar-refractivity contribution in [3.63, 3.8) is 0 Å². The smallest absolute Gasteiger partial charge is 0.0423 e. The molecule has 6 heavy (non-hydrogen) atoms. The van der Waals surface area contributed by atoms with Crippen molar-refractivity contribution < 1.29 is 0 Å². The van der Waals surface area contributed by atoms with E-state index in [9.17, 15) is 0 Å². The molecule has 0 saturated heterocycles. The standard InChI is InChI=1S/C4H8N2/c1-3-4(2)6-5/h5H2,1-2H3. The van der Waals surface area contributed by atoms with E-state index in [1.807, 2.05) is 0 Å². The fraction of sp³-hybridized carbons (Fsp3) is 0.500. The Balaban J connectivity index is 3.22. The molecule has 2 N–H and O–H groups in total. The average molecular weight is 84.1 g/mol. The highest BCUT2D eigenvalue weighted by Crippen LogP contribution is 1.74. The predicted molar refractivity (Wildman–Crippen MR) is 26.2 cm³/mol. The monoisotopic (exact) mass is 84.1 g/mol. The minimum absolute atomic E-state index is 0.745. The predicted octanol–water partition coefficient (Wildman–Crippen LogP) is 0.422. The summed E-state index contributed by atoms with van der Waals surface area (Å²) in [6.07, 6.45) is 2.74. The summed E-state index contributed by atoms with van der Waals surface area (Å²) in [6, 6.07) is 0. The van der Waals surface area contributed by atoms with Crippen LogP contribution < -0.4 is 5.84 Å². The fourth-order valence-electron chi connectivity index (χ4n) is 0.0645. The highest BCUT2D eigenvalue weighted by molar-refractivity contribution is 5.89. The van der Waals surface area contributed by atoms with E-state index >= 15 is 0 Å². The van der Waals surface area contributed by atoms with Crippen LogP contribution in [0.4, 0.5) is 0 Å². The molecular weight excluding hydrogens is 76.1 g/mol. The second-order valence-electron chi connectivity index (χ2n) is 0.965. The summed E-state index contributed by atoms with van der Waals surface area (Å²) in [5.41, 5.74) is 0.745. The van der Waals surface area contributed by atoms with E-state index in [1.54, 1.807) is 13.8 Å². The molecule has 0 aliphatic heterocycles. The molecular formula is C4H8N2. The number of hydrogen-bond donors (Lipinski definition) is 1. The molecule has 0 saturated carbocycles. The zero-order valence-electron chi connectivity index (χ0n) is 4.02. The molecule has 0 bridgehead atoms. The first-order valence-corrected chi connectivity index (χ1v) is 1.73. The Morgan fingerprint density at radius 1 is 1.83 bits per heavy atom. The third-order valence-corrected chi connectivity index (χ3v) is 0.555. The highest BCUT2D eigenvalue weighted by atomic mass is 15.1. The quantitative estimate of drug-likeness (QED) is 0.279. The normalized spacial score (nSPS) is 12.0. The van der Waals surface area contributed by atoms with Crippen LogP contribution in [-0.4, -0.2) is 5.71 Å². The molecule has 0 fully saturated rings. The van der Waals surface area contributed by atoms with Crippen LogP contribution in [-0.2, 0) is 0 Å². The molecule has 0 rings (SSSR count). The van der Waals surface area contributed by atoms with Gasteiger partial charge in [0.2, 0.25) is 0 Å². The number of nitrogens with zero attached hydrogens (tertiary/aromatic N) is 1. The van der Waals surface area contributed by atoms with E-state index in [0.717, 1.165) is 5.71 Å². The van der Waals surface area contributed by atoms with Crippen molar-refractivity contribution in [2.24, 2.45) is 10.9 Å². The Bertz CT molecular complexity index is 56.6. The van der Waals surface area contributed by atoms with Crippen LogP contribution in [0.15, 0.2) is 5.10 Å². The maximum atomic E-state index is 4.81. The Labute approximate surface area is 38.0 Å². The van der Waals surface area contributed by atoms with E-state index in [4.69, 9.17) is 5.84 Å². The van der Waals surface area contributed by atoms with E-state index in [-0.39, 0.29) is 0 Å². The van der Waals surface area contributed by atoms with Gasteiger partial charge in [-0.1, -0.05) is 6.92 Å². The van der Waals surface area contributed by atoms with Crippen LogP contribution in [0.5, 0.6) is 0 Å². The molecule has 2 nitrogen and oxygen atoms in total. The first-order chi connectivity index (χ1) is 2.81. The molecule has 2 heteroatoms. The third-order valence-electron chi connectivity index (χ3n) is 0.555. The summed E-state index contributed by atoms with van der Waals surface area (Å²) in [6.45, 7) is 3.56. The third kappa shape index (κ3) is 1.76. The summed E-state index contributed by atoms with van der Waals surface area (Å²) < 4.78 is 0. The van der Waals surface area contributed by atoms with E-state index in [1.165, 1.54) is 0 Å². The fourth-order valence-corrected chi connectivity index (χ4v) is 0.0645. The van der Waals surface area contributed by atoms with Gasteiger partial charge in [0.25, 0.3) is 0 Å². The van der Waals surface area contributed by atoms with E-state index < -0.39 is 0 Å². The number of hydrogen-bond acceptors (Lipinski definition) is 2. The molecule has 2 radical (unpaired) electrons. The minimum Gasteiger partial charge on any atom is -0.323 e. The van der Waals surface area contributed by atoms with Gasteiger partial charge in [-0.05, 0) is 6.92 Å². The summed E-state index contributed by atoms with van der Waals surface area (Å²) in [5.74, 6) is 4.81. The molecule has 0 aromatic rings. The van der Waals surface area contributed by atoms with Crippen molar-refractivity contribution in [1.29, 1.82) is 0 Å². The summed E-state index contributed by atoms with van der Waals surface area (Å²) >= 11 is 0. The van der Waals surface area contributed by atoms with E-state index in [2.05, 4.69) is 11.5 Å². The van der Waals surface area contributed by atoms with Crippen LogP contribution in [0.25, 0.3) is 0 Å². The van der Waals surface area contributed by atoms with Gasteiger partial charge in [-0.15, -0.1) is 0 Å². The van der Waals surface area contributed by atoms with Crippen LogP contribution in [0.3, 0.4) is 0 Å². The van der Waals surface area contributed by atoms with Gasteiger partial charge < -0.3 is 5.84 Å². The molecule has 34 valence electrons. The largest absolute Gasteiger partial charge is 0.323 e. The Kier molecular flexibility index (Phi) is 2.46. The van der Waals surface area contributed by atoms with Gasteiger partial charge in [0.1, 0.15) is 0 Å². The molecule has 0 atom stereocenters. The van der Waals surface area contributed by atoms with Crippen molar-refractivity contribution in [3.8, 4) is 0 Å². The van der Waals surface area contributed by atoms with Gasteiger partial charge in [0.05, 0.1) is 0 Å². The van der Waals surface area contributed by atoms with Crippen molar-refractivity contribution in [3.05, 3.63) is 6.42 Å². The lowest BCUT2D eigenvalue weighted by Crippen LogP contribution is -1.92. The number of rotatable bonds is 1. The van der Waals surface area contributed by atoms with Crippen LogP contribution >= 0.6 is 0 Å². The zero-order chi connectivity index (χ0) is 4.99. The lowest BCUT2D eigenvalue weighted by Gasteiger charge is -1.82. The maximum Gasteiger partial charge on any atom is 0.0423 e. The number of nitrogens with two attached hydrogens (primary N) is 1. The van der Waals surface area contributed by atoms with Gasteiger partial charge in [0.15, 0.2) is 0 Å². The number of hydrazone groups is 1. The van der Waals surface area contributed by atoms with Gasteiger partial charge in [-0.2, -0.15) is 5.10 Å². The highest BCUT2D eigenvalue weighted by Gasteiger charge is 1.77. The Hall–Kier alpha value is -0.530. The summed E-state index contributed by atoms with van der Waals surface area (Å²) in [7, 11) is 0. The zero-order valence-corrected chi connectivity index (χ0v) is 4.02. The van der Waals surface area contributed by atoms with Crippen molar-refractivity contribution in [2.45, 2.75) is 13.8 Å². The van der Waals surface area contributed by atoms with Gasteiger partial charge in [-0.3, -0.25) is 0 Å². The lowest BCUT2D eigenvalue weighted by atomic mass is 10.3. The Morgan fingerprint density at radius 2 is 2.33 bits per heavy atom. The van der Waals surface area contributed by atoms with Crippen molar-refractivity contribution in [1.82, 2.24) is 0 Å². The average Bonchev–Trinajstić information content (AvgIpc) is 1.65. The van der Waals surface area contributed by atoms with Gasteiger partial charge in [-0.25, -0.2) is 0 Å². The SMILES string of the molecule is C[C]C(C)=NN. The molecule has 0 aliphatic rings. The van der Waals surface area contributed by atoms with Crippen LogP contribution in [0, 0.1) is 6.42 Å².